The number of alkyl halides is 3. The van der Waals surface area contributed by atoms with Crippen LogP contribution in [0.1, 0.15) is 24.8 Å². The van der Waals surface area contributed by atoms with Gasteiger partial charge in [0, 0.05) is 31.9 Å². The zero-order chi connectivity index (χ0) is 28.5. The molecule has 2 aromatic carbocycles. The first-order valence-electron chi connectivity index (χ1n) is 12.3. The van der Waals surface area contributed by atoms with Crippen molar-refractivity contribution in [1.82, 2.24) is 9.62 Å². The first-order chi connectivity index (χ1) is 18.2. The minimum Gasteiger partial charge on any atom is -0.491 e. The van der Waals surface area contributed by atoms with E-state index in [2.05, 4.69) is 5.32 Å². The number of aliphatic hydroxyl groups excluding tert-OH is 1. The van der Waals surface area contributed by atoms with E-state index in [0.29, 0.717) is 37.7 Å². The molecule has 2 aromatic rings. The highest BCUT2D eigenvalue weighted by Crippen LogP contribution is 2.38. The third-order valence-electron chi connectivity index (χ3n) is 6.96. The van der Waals surface area contributed by atoms with E-state index in [1.807, 2.05) is 0 Å². The van der Waals surface area contributed by atoms with E-state index in [-0.39, 0.29) is 42.1 Å². The Morgan fingerprint density at radius 2 is 1.77 bits per heavy atom. The zero-order valence-electron chi connectivity index (χ0n) is 21.2. The van der Waals surface area contributed by atoms with Gasteiger partial charge in [-0.2, -0.15) is 17.5 Å². The topological polar surface area (TPSA) is 122 Å². The monoisotopic (exact) mass is 592 g/mol. The standard InChI is InChI=1S/C25H31F3N2O7S2/c1-38(32,33)22-6-3-5-21(13-22)36-17-20(31)15-29-19-14-24(37-16-19)8-10-30(11-9-24)39(34,35)23-7-2-4-18(12-23)25(26,27)28/h2-7,12-13,19-20,29,31H,8-11,14-17H2,1H3. The number of hydrogen-bond donors (Lipinski definition) is 2. The van der Waals surface area contributed by atoms with Crippen molar-refractivity contribution >= 4 is 19.9 Å². The largest absolute Gasteiger partial charge is 0.491 e. The molecule has 2 aliphatic heterocycles. The van der Waals surface area contributed by atoms with Gasteiger partial charge in [0.15, 0.2) is 9.84 Å². The number of nitrogens with one attached hydrogen (secondary N) is 1. The molecule has 0 aliphatic carbocycles. The second kappa shape index (κ2) is 11.3. The maximum atomic E-state index is 13.0. The SMILES string of the molecule is CS(=O)(=O)c1cccc(OCC(O)CNC2COC3(CCN(S(=O)(=O)c4cccc(C(F)(F)F)c4)CC3)C2)c1. The average molecular weight is 593 g/mol. The van der Waals surface area contributed by atoms with Gasteiger partial charge in [-0.25, -0.2) is 16.8 Å². The maximum absolute atomic E-state index is 13.0. The molecule has 0 radical (unpaired) electrons. The Morgan fingerprint density at radius 3 is 2.44 bits per heavy atom. The summed E-state index contributed by atoms with van der Waals surface area (Å²) in [6, 6.07) is 9.67. The normalized spacial score (nSPS) is 21.2. The van der Waals surface area contributed by atoms with E-state index in [1.165, 1.54) is 22.5 Å². The smallest absolute Gasteiger partial charge is 0.416 e. The van der Waals surface area contributed by atoms with E-state index in [4.69, 9.17) is 9.47 Å². The Labute approximate surface area is 225 Å². The highest BCUT2D eigenvalue weighted by atomic mass is 32.2. The van der Waals surface area contributed by atoms with Gasteiger partial charge in [0.05, 0.1) is 27.6 Å². The number of rotatable bonds is 9. The lowest BCUT2D eigenvalue weighted by molar-refractivity contribution is -0.137. The van der Waals surface area contributed by atoms with Crippen LogP contribution in [0.3, 0.4) is 0 Å². The molecule has 1 spiro atoms. The first kappa shape index (κ1) is 29.7. The molecule has 216 valence electrons. The summed E-state index contributed by atoms with van der Waals surface area (Å²) in [6.45, 7) is 0.750. The van der Waals surface area contributed by atoms with Crippen molar-refractivity contribution in [3.05, 3.63) is 54.1 Å². The molecule has 9 nitrogen and oxygen atoms in total. The maximum Gasteiger partial charge on any atom is 0.416 e. The summed E-state index contributed by atoms with van der Waals surface area (Å²) in [5.74, 6) is 0.326. The molecule has 2 saturated heterocycles. The molecule has 2 fully saturated rings. The van der Waals surface area contributed by atoms with Crippen LogP contribution < -0.4 is 10.1 Å². The Bertz CT molecular complexity index is 1380. The van der Waals surface area contributed by atoms with Crippen molar-refractivity contribution in [2.24, 2.45) is 0 Å². The molecule has 2 heterocycles. The molecule has 2 unspecified atom stereocenters. The molecule has 14 heteroatoms. The number of benzene rings is 2. The predicted molar refractivity (Wildman–Crippen MR) is 136 cm³/mol. The van der Waals surface area contributed by atoms with E-state index in [0.717, 1.165) is 18.4 Å². The quantitative estimate of drug-likeness (QED) is 0.456. The first-order valence-corrected chi connectivity index (χ1v) is 15.7. The average Bonchev–Trinajstić information content (AvgIpc) is 3.28. The number of aliphatic hydroxyl groups is 1. The lowest BCUT2D eigenvalue weighted by atomic mass is 9.88. The van der Waals surface area contributed by atoms with Crippen LogP contribution in [0.15, 0.2) is 58.3 Å². The minimum atomic E-state index is -4.64. The molecular weight excluding hydrogens is 561 g/mol. The molecule has 2 atom stereocenters. The predicted octanol–water partition coefficient (Wildman–Crippen LogP) is 2.45. The second-order valence-electron chi connectivity index (χ2n) is 9.94. The molecule has 0 bridgehead atoms. The Morgan fingerprint density at radius 1 is 1.10 bits per heavy atom. The molecule has 39 heavy (non-hydrogen) atoms. The van der Waals surface area contributed by atoms with Crippen LogP contribution in [0.2, 0.25) is 0 Å². The van der Waals surface area contributed by atoms with Gasteiger partial charge in [-0.05, 0) is 55.7 Å². The van der Waals surface area contributed by atoms with Gasteiger partial charge in [-0.15, -0.1) is 0 Å². The van der Waals surface area contributed by atoms with Crippen LogP contribution in [0.4, 0.5) is 13.2 Å². The number of piperidine rings is 1. The van der Waals surface area contributed by atoms with Crippen molar-refractivity contribution in [3.63, 3.8) is 0 Å². The van der Waals surface area contributed by atoms with Gasteiger partial charge in [0.1, 0.15) is 18.5 Å². The summed E-state index contributed by atoms with van der Waals surface area (Å²) in [5, 5.41) is 13.5. The van der Waals surface area contributed by atoms with E-state index in [9.17, 15) is 35.1 Å². The third-order valence-corrected chi connectivity index (χ3v) is 9.96. The lowest BCUT2D eigenvalue weighted by Gasteiger charge is -2.38. The Hall–Kier alpha value is -2.23. The molecule has 0 aromatic heterocycles. The highest BCUT2D eigenvalue weighted by Gasteiger charge is 2.45. The summed E-state index contributed by atoms with van der Waals surface area (Å²) < 4.78 is 101. The van der Waals surface area contributed by atoms with Crippen LogP contribution in [-0.4, -0.2) is 83.1 Å². The number of nitrogens with zero attached hydrogens (tertiary/aromatic N) is 1. The zero-order valence-corrected chi connectivity index (χ0v) is 22.9. The molecule has 0 saturated carbocycles. The Balaban J connectivity index is 1.25. The van der Waals surface area contributed by atoms with Gasteiger partial charge < -0.3 is 19.9 Å². The van der Waals surface area contributed by atoms with Crippen molar-refractivity contribution in [2.45, 2.75) is 53.0 Å². The fourth-order valence-corrected chi connectivity index (χ4v) is 6.93. The molecule has 4 rings (SSSR count). The van der Waals surface area contributed by atoms with Crippen LogP contribution in [0.5, 0.6) is 5.75 Å². The molecule has 0 amide bonds. The summed E-state index contributed by atoms with van der Waals surface area (Å²) in [5.41, 5.74) is -1.56. The van der Waals surface area contributed by atoms with E-state index < -0.39 is 43.3 Å². The summed E-state index contributed by atoms with van der Waals surface area (Å²) >= 11 is 0. The minimum absolute atomic E-state index is 0.0543. The summed E-state index contributed by atoms with van der Waals surface area (Å²) in [6.07, 6.45) is -3.03. The van der Waals surface area contributed by atoms with Crippen LogP contribution in [0, 0.1) is 0 Å². The number of sulfonamides is 1. The number of halogens is 3. The van der Waals surface area contributed by atoms with Gasteiger partial charge in [0.2, 0.25) is 10.0 Å². The van der Waals surface area contributed by atoms with Crippen LogP contribution >= 0.6 is 0 Å². The third kappa shape index (κ3) is 7.30. The van der Waals surface area contributed by atoms with E-state index >= 15 is 0 Å². The molecular formula is C25H31F3N2O7S2. The molecule has 2 aliphatic rings. The Kier molecular flexibility index (Phi) is 8.64. The van der Waals surface area contributed by atoms with Crippen LogP contribution in [0.25, 0.3) is 0 Å². The van der Waals surface area contributed by atoms with Crippen molar-refractivity contribution in [3.8, 4) is 5.75 Å². The van der Waals surface area contributed by atoms with Gasteiger partial charge in [-0.3, -0.25) is 0 Å². The summed E-state index contributed by atoms with van der Waals surface area (Å²) in [4.78, 5) is -0.269. The molecule has 2 N–H and O–H groups in total. The van der Waals surface area contributed by atoms with Crippen molar-refractivity contribution in [2.75, 3.05) is 39.1 Å². The number of hydrogen-bond acceptors (Lipinski definition) is 8. The van der Waals surface area contributed by atoms with E-state index in [1.54, 1.807) is 12.1 Å². The second-order valence-corrected chi connectivity index (χ2v) is 13.9. The number of ether oxygens (including phenoxy) is 2. The van der Waals surface area contributed by atoms with Gasteiger partial charge >= 0.3 is 6.18 Å². The van der Waals surface area contributed by atoms with Gasteiger partial charge in [0.25, 0.3) is 0 Å². The van der Waals surface area contributed by atoms with Crippen molar-refractivity contribution < 1.29 is 44.6 Å². The lowest BCUT2D eigenvalue weighted by Crippen LogP contribution is -2.47. The van der Waals surface area contributed by atoms with Crippen LogP contribution in [-0.2, 0) is 30.8 Å². The fraction of sp³-hybridized carbons (Fsp3) is 0.520. The van der Waals surface area contributed by atoms with Gasteiger partial charge in [-0.1, -0.05) is 12.1 Å². The fourth-order valence-electron chi connectivity index (χ4n) is 4.79. The number of sulfone groups is 1. The highest BCUT2D eigenvalue weighted by molar-refractivity contribution is 7.90. The van der Waals surface area contributed by atoms with Crippen molar-refractivity contribution in [1.29, 1.82) is 0 Å². The summed E-state index contributed by atoms with van der Waals surface area (Å²) in [7, 11) is -7.46.